The van der Waals surface area contributed by atoms with Crippen molar-refractivity contribution in [2.75, 3.05) is 7.11 Å². The molecule has 5 heteroatoms. The molecule has 0 saturated heterocycles. The fourth-order valence-corrected chi connectivity index (χ4v) is 2.95. The molecule has 2 atom stereocenters. The van der Waals surface area contributed by atoms with Crippen molar-refractivity contribution in [2.45, 2.75) is 50.8 Å². The van der Waals surface area contributed by atoms with Gasteiger partial charge >= 0.3 is 0 Å². The van der Waals surface area contributed by atoms with Crippen LogP contribution >= 0.6 is 0 Å². The van der Waals surface area contributed by atoms with Crippen molar-refractivity contribution < 1.29 is 14.3 Å². The molecule has 0 radical (unpaired) electrons. The second kappa shape index (κ2) is 6.35. The maximum absolute atomic E-state index is 11.8. The predicted octanol–water partition coefficient (Wildman–Crippen LogP) is 1.85. The summed E-state index contributed by atoms with van der Waals surface area (Å²) in [7, 11) is 1.62. The number of carbonyl (C=O) groups is 1. The van der Waals surface area contributed by atoms with Gasteiger partial charge in [-0.3, -0.25) is 4.79 Å². The number of amides is 1. The largest absolute Gasteiger partial charge is 0.497 e. The van der Waals surface area contributed by atoms with Gasteiger partial charge in [0.25, 0.3) is 0 Å². The Morgan fingerprint density at radius 2 is 2.14 bits per heavy atom. The third-order valence-corrected chi connectivity index (χ3v) is 3.85. The van der Waals surface area contributed by atoms with Gasteiger partial charge in [-0.1, -0.05) is 6.07 Å². The molecule has 3 N–H and O–H groups in total. The van der Waals surface area contributed by atoms with Gasteiger partial charge in [-0.05, 0) is 38.8 Å². The van der Waals surface area contributed by atoms with E-state index in [1.165, 1.54) is 0 Å². The Morgan fingerprint density at radius 3 is 2.76 bits per heavy atom. The normalized spacial score (nSPS) is 25.0. The van der Waals surface area contributed by atoms with Crippen LogP contribution in [0.25, 0.3) is 0 Å². The van der Waals surface area contributed by atoms with Gasteiger partial charge in [0.05, 0.1) is 7.11 Å². The number of nitrogens with one attached hydrogen (secondary N) is 1. The Bertz CT molecular complexity index is 504. The van der Waals surface area contributed by atoms with Crippen LogP contribution in [-0.4, -0.2) is 30.7 Å². The van der Waals surface area contributed by atoms with Crippen LogP contribution in [0.4, 0.5) is 0 Å². The monoisotopic (exact) mass is 292 g/mol. The van der Waals surface area contributed by atoms with Crippen molar-refractivity contribution in [3.05, 3.63) is 24.3 Å². The van der Waals surface area contributed by atoms with Gasteiger partial charge in [-0.25, -0.2) is 0 Å². The van der Waals surface area contributed by atoms with Crippen LogP contribution in [0.2, 0.25) is 0 Å². The first kappa shape index (κ1) is 15.6. The lowest BCUT2D eigenvalue weighted by Gasteiger charge is -2.29. The first-order valence-electron chi connectivity index (χ1n) is 7.33. The standard InChI is InChI=1S/C16H24N2O3/c1-11(2)18-16(15(17)19)8-7-14(10-16)21-13-6-4-5-12(9-13)20-3/h4-6,9,11,14,18H,7-8,10H2,1-3H3,(H2,17,19). The lowest BCUT2D eigenvalue weighted by molar-refractivity contribution is -0.124. The number of carbonyl (C=O) groups excluding carboxylic acids is 1. The zero-order valence-electron chi connectivity index (χ0n) is 12.9. The summed E-state index contributed by atoms with van der Waals surface area (Å²) >= 11 is 0. The fourth-order valence-electron chi connectivity index (χ4n) is 2.95. The van der Waals surface area contributed by atoms with Crippen molar-refractivity contribution in [2.24, 2.45) is 5.73 Å². The molecule has 116 valence electrons. The zero-order chi connectivity index (χ0) is 15.5. The summed E-state index contributed by atoms with van der Waals surface area (Å²) in [6.45, 7) is 4.03. The molecule has 1 aliphatic rings. The Kier molecular flexibility index (Phi) is 4.73. The van der Waals surface area contributed by atoms with Crippen LogP contribution in [0.3, 0.4) is 0 Å². The van der Waals surface area contributed by atoms with E-state index in [9.17, 15) is 4.79 Å². The van der Waals surface area contributed by atoms with Crippen molar-refractivity contribution in [1.29, 1.82) is 0 Å². The highest BCUT2D eigenvalue weighted by atomic mass is 16.5. The van der Waals surface area contributed by atoms with Crippen LogP contribution in [0.5, 0.6) is 11.5 Å². The zero-order valence-corrected chi connectivity index (χ0v) is 12.9. The van der Waals surface area contributed by atoms with Gasteiger partial charge < -0.3 is 20.5 Å². The van der Waals surface area contributed by atoms with Gasteiger partial charge in [0, 0.05) is 18.5 Å². The van der Waals surface area contributed by atoms with E-state index in [0.29, 0.717) is 12.8 Å². The number of methoxy groups -OCH3 is 1. The molecule has 0 aromatic heterocycles. The average Bonchev–Trinajstić information content (AvgIpc) is 2.82. The van der Waals surface area contributed by atoms with E-state index >= 15 is 0 Å². The molecule has 21 heavy (non-hydrogen) atoms. The fraction of sp³-hybridized carbons (Fsp3) is 0.562. The first-order chi connectivity index (χ1) is 9.95. The number of hydrogen-bond acceptors (Lipinski definition) is 4. The van der Waals surface area contributed by atoms with E-state index in [1.807, 2.05) is 38.1 Å². The Hall–Kier alpha value is -1.75. The lowest BCUT2D eigenvalue weighted by Crippen LogP contribution is -2.56. The van der Waals surface area contributed by atoms with Crippen LogP contribution < -0.4 is 20.5 Å². The van der Waals surface area contributed by atoms with Gasteiger partial charge in [0.1, 0.15) is 23.1 Å². The molecule has 1 aromatic rings. The lowest BCUT2D eigenvalue weighted by atomic mass is 9.95. The summed E-state index contributed by atoms with van der Waals surface area (Å²) in [5.74, 6) is 1.21. The summed E-state index contributed by atoms with van der Waals surface area (Å²) in [4.78, 5) is 11.8. The van der Waals surface area contributed by atoms with Crippen LogP contribution in [0.1, 0.15) is 33.1 Å². The van der Waals surface area contributed by atoms with Crippen molar-refractivity contribution in [1.82, 2.24) is 5.32 Å². The number of primary amides is 1. The summed E-state index contributed by atoms with van der Waals surface area (Å²) in [5.41, 5.74) is 4.95. The molecule has 5 nitrogen and oxygen atoms in total. The van der Waals surface area contributed by atoms with Crippen LogP contribution in [0.15, 0.2) is 24.3 Å². The maximum atomic E-state index is 11.8. The molecule has 1 saturated carbocycles. The second-order valence-corrected chi connectivity index (χ2v) is 5.91. The highest BCUT2D eigenvalue weighted by molar-refractivity contribution is 5.85. The maximum Gasteiger partial charge on any atom is 0.237 e. The molecule has 0 aliphatic heterocycles. The number of benzene rings is 1. The molecular weight excluding hydrogens is 268 g/mol. The van der Waals surface area contributed by atoms with E-state index in [2.05, 4.69) is 5.32 Å². The molecule has 1 aromatic carbocycles. The number of ether oxygens (including phenoxy) is 2. The third-order valence-electron chi connectivity index (χ3n) is 3.85. The highest BCUT2D eigenvalue weighted by Crippen LogP contribution is 2.33. The molecule has 2 rings (SSSR count). The Labute approximate surface area is 125 Å². The van der Waals surface area contributed by atoms with Crippen LogP contribution in [0, 0.1) is 0 Å². The molecule has 1 aliphatic carbocycles. The van der Waals surface area contributed by atoms with Crippen molar-refractivity contribution >= 4 is 5.91 Å². The number of rotatable bonds is 6. The Morgan fingerprint density at radius 1 is 1.43 bits per heavy atom. The number of hydrogen-bond donors (Lipinski definition) is 2. The van der Waals surface area contributed by atoms with E-state index in [4.69, 9.17) is 15.2 Å². The average molecular weight is 292 g/mol. The smallest absolute Gasteiger partial charge is 0.237 e. The van der Waals surface area contributed by atoms with E-state index in [-0.39, 0.29) is 18.1 Å². The van der Waals surface area contributed by atoms with E-state index in [1.54, 1.807) is 7.11 Å². The summed E-state index contributed by atoms with van der Waals surface area (Å²) in [6.07, 6.45) is 2.09. The van der Waals surface area contributed by atoms with Gasteiger partial charge in [-0.2, -0.15) is 0 Å². The third kappa shape index (κ3) is 3.67. The van der Waals surface area contributed by atoms with Gasteiger partial charge in [0.15, 0.2) is 0 Å². The predicted molar refractivity (Wildman–Crippen MR) is 81.5 cm³/mol. The number of nitrogens with two attached hydrogens (primary N) is 1. The second-order valence-electron chi connectivity index (χ2n) is 5.91. The summed E-state index contributed by atoms with van der Waals surface area (Å²) in [5, 5.41) is 3.31. The Balaban J connectivity index is 2.05. The minimum atomic E-state index is -0.655. The van der Waals surface area contributed by atoms with Gasteiger partial charge in [-0.15, -0.1) is 0 Å². The quantitative estimate of drug-likeness (QED) is 0.839. The SMILES string of the molecule is COc1cccc(OC2CCC(NC(C)C)(C(N)=O)C2)c1. The molecule has 0 spiro atoms. The molecule has 1 fully saturated rings. The topological polar surface area (TPSA) is 73.6 Å². The molecule has 2 unspecified atom stereocenters. The van der Waals surface area contributed by atoms with E-state index < -0.39 is 5.54 Å². The minimum Gasteiger partial charge on any atom is -0.497 e. The molecule has 0 bridgehead atoms. The summed E-state index contributed by atoms with van der Waals surface area (Å²) < 4.78 is 11.2. The van der Waals surface area contributed by atoms with Crippen molar-refractivity contribution in [3.63, 3.8) is 0 Å². The molecule has 0 heterocycles. The van der Waals surface area contributed by atoms with Gasteiger partial charge in [0.2, 0.25) is 5.91 Å². The summed E-state index contributed by atoms with van der Waals surface area (Å²) in [6, 6.07) is 7.70. The van der Waals surface area contributed by atoms with Crippen LogP contribution in [-0.2, 0) is 4.79 Å². The van der Waals surface area contributed by atoms with Crippen molar-refractivity contribution in [3.8, 4) is 11.5 Å². The first-order valence-corrected chi connectivity index (χ1v) is 7.33. The van der Waals surface area contributed by atoms with E-state index in [0.717, 1.165) is 17.9 Å². The highest BCUT2D eigenvalue weighted by Gasteiger charge is 2.45. The minimum absolute atomic E-state index is 0.0177. The molecule has 1 amide bonds. The molecular formula is C16H24N2O3.